The van der Waals surface area contributed by atoms with Gasteiger partial charge in [0.05, 0.1) is 24.4 Å². The lowest BCUT2D eigenvalue weighted by molar-refractivity contribution is -0.715. The van der Waals surface area contributed by atoms with E-state index < -0.39 is 79.4 Å². The van der Waals surface area contributed by atoms with Crippen molar-refractivity contribution in [2.24, 2.45) is 11.8 Å². The number of aromatic carboxylic acids is 1. The van der Waals surface area contributed by atoms with Gasteiger partial charge in [-0.25, -0.2) is 9.59 Å². The van der Waals surface area contributed by atoms with Gasteiger partial charge in [-0.1, -0.05) is 48.6 Å². The van der Waals surface area contributed by atoms with E-state index in [-0.39, 0.29) is 23.1 Å². The highest BCUT2D eigenvalue weighted by Gasteiger charge is 2.47. The quantitative estimate of drug-likeness (QED) is 0.120. The molecule has 1 fully saturated rings. The number of nitrogens with zero attached hydrogens (tertiary/aromatic N) is 1. The van der Waals surface area contributed by atoms with E-state index in [1.165, 1.54) is 35.1 Å². The van der Waals surface area contributed by atoms with Gasteiger partial charge in [0, 0.05) is 17.9 Å². The summed E-state index contributed by atoms with van der Waals surface area (Å²) < 4.78 is 17.8. The Morgan fingerprint density at radius 3 is 2.33 bits per heavy atom. The minimum Gasteiger partial charge on any atom is -0.543 e. The maximum Gasteiger partial charge on any atom is 0.341 e. The average molecular weight is 628 g/mol. The molecule has 4 rings (SSSR count). The maximum atomic E-state index is 12.1. The molecule has 6 N–H and O–H groups in total. The Kier molecular flexibility index (Phi) is 10.8. The third-order valence-corrected chi connectivity index (χ3v) is 7.61. The number of ether oxygens (including phenoxy) is 3. The molecule has 0 amide bonds. The van der Waals surface area contributed by atoms with Crippen LogP contribution in [0, 0.1) is 11.8 Å². The largest absolute Gasteiger partial charge is 0.543 e. The summed E-state index contributed by atoms with van der Waals surface area (Å²) in [4.78, 5) is 36.2. The Labute approximate surface area is 257 Å². The topological polar surface area (TPSA) is 227 Å². The summed E-state index contributed by atoms with van der Waals surface area (Å²) in [7, 11) is 0. The van der Waals surface area contributed by atoms with Gasteiger partial charge in [-0.05, 0) is 11.6 Å². The third-order valence-electron chi connectivity index (χ3n) is 7.61. The van der Waals surface area contributed by atoms with E-state index in [4.69, 9.17) is 14.2 Å². The van der Waals surface area contributed by atoms with Crippen molar-refractivity contribution in [2.45, 2.75) is 49.5 Å². The molecule has 14 heteroatoms. The van der Waals surface area contributed by atoms with Gasteiger partial charge in [-0.3, -0.25) is 0 Å². The van der Waals surface area contributed by atoms with Crippen molar-refractivity contribution in [3.8, 4) is 0 Å². The molecule has 1 aromatic heterocycles. The molecule has 2 aliphatic heterocycles. The number of aliphatic hydroxyl groups is 4. The summed E-state index contributed by atoms with van der Waals surface area (Å²) in [5, 5.41) is 71.8. The summed E-state index contributed by atoms with van der Waals surface area (Å²) in [6, 6.07) is 8.69. The molecule has 1 saturated heterocycles. The smallest absolute Gasteiger partial charge is 0.341 e. The highest BCUT2D eigenvalue weighted by Crippen LogP contribution is 2.36. The fourth-order valence-electron chi connectivity index (χ4n) is 5.18. The van der Waals surface area contributed by atoms with E-state index in [0.29, 0.717) is 5.56 Å². The first kappa shape index (κ1) is 33.5. The molecule has 0 aliphatic carbocycles. The number of hydrogen-bond donors (Lipinski definition) is 6. The lowest BCUT2D eigenvalue weighted by atomic mass is 9.83. The Morgan fingerprint density at radius 2 is 1.73 bits per heavy atom. The highest BCUT2D eigenvalue weighted by atomic mass is 16.8. The summed E-state index contributed by atoms with van der Waals surface area (Å²) in [6.45, 7) is 3.04. The van der Waals surface area contributed by atoms with E-state index in [2.05, 4.69) is 6.58 Å². The van der Waals surface area contributed by atoms with Crippen molar-refractivity contribution in [3.05, 3.63) is 96.0 Å². The van der Waals surface area contributed by atoms with Crippen LogP contribution in [0.5, 0.6) is 0 Å². The lowest BCUT2D eigenvalue weighted by Crippen LogP contribution is -2.60. The Balaban J connectivity index is 1.66. The molecule has 1 aromatic carbocycles. The fourth-order valence-corrected chi connectivity index (χ4v) is 5.18. The number of hydrogen-bond acceptors (Lipinski definition) is 11. The van der Waals surface area contributed by atoms with Crippen molar-refractivity contribution in [2.75, 3.05) is 6.61 Å². The summed E-state index contributed by atoms with van der Waals surface area (Å²) >= 11 is 0. The minimum absolute atomic E-state index is 0.00143. The predicted octanol–water partition coefficient (Wildman–Crippen LogP) is -1.22. The molecule has 14 nitrogen and oxygen atoms in total. The van der Waals surface area contributed by atoms with Crippen LogP contribution in [0.4, 0.5) is 0 Å². The SMILES string of the molecule is C=CC1C(O[C@@H]2O[C@H](CO)[C@@H](O)[C@H](O)[C@H]2O)OC=C(C(=O)O)C1/C=C/c1cc(C(=O)O)c[n+](C(Cc2ccccc2)C(=O)[O-])c1. The number of rotatable bonds is 12. The summed E-state index contributed by atoms with van der Waals surface area (Å²) in [5.41, 5.74) is 0.430. The first-order valence-electron chi connectivity index (χ1n) is 13.8. The van der Waals surface area contributed by atoms with Gasteiger partial charge in [0.2, 0.25) is 12.3 Å². The Hall–Kier alpha value is -4.44. The number of allylic oxidation sites excluding steroid dienone is 1. The van der Waals surface area contributed by atoms with Crippen LogP contribution in [0.2, 0.25) is 0 Å². The van der Waals surface area contributed by atoms with Crippen LogP contribution in [0.25, 0.3) is 6.08 Å². The number of aromatic nitrogens is 1. The van der Waals surface area contributed by atoms with Gasteiger partial charge < -0.3 is 54.8 Å². The van der Waals surface area contributed by atoms with Crippen molar-refractivity contribution >= 4 is 24.0 Å². The number of aliphatic hydroxyl groups excluding tert-OH is 4. The number of carboxylic acid groups (broad SMARTS) is 3. The molecule has 0 radical (unpaired) electrons. The molecule has 0 saturated carbocycles. The maximum absolute atomic E-state index is 12.1. The predicted molar refractivity (Wildman–Crippen MR) is 149 cm³/mol. The summed E-state index contributed by atoms with van der Waals surface area (Å²) in [6.07, 6.45) is -1.65. The van der Waals surface area contributed by atoms with Crippen LogP contribution in [-0.2, 0) is 30.2 Å². The summed E-state index contributed by atoms with van der Waals surface area (Å²) in [5.74, 6) is -6.08. The number of pyridine rings is 1. The van der Waals surface area contributed by atoms with Crippen molar-refractivity contribution in [3.63, 3.8) is 0 Å². The second kappa shape index (κ2) is 14.6. The zero-order chi connectivity index (χ0) is 32.8. The standard InChI is InChI=1S/C31H33NO13/c1-2-19-20(21(28(39)40)15-43-30(19)45-31-26(36)25(35)24(34)23(14-33)44-31)9-8-17-10-18(27(37)38)13-32(12-17)22(29(41)42)11-16-6-4-3-5-7-16/h2-10,12-13,15,19-20,22-26,30-31,33-36H,1,11,14H2,(H2-,37,38,39,40,41,42)/b9-8+/t19?,20?,22?,23-,24-,25+,26-,30?,31+/m1/s1. The molecule has 3 heterocycles. The molecular formula is C31H33NO13. The van der Waals surface area contributed by atoms with Crippen LogP contribution >= 0.6 is 0 Å². The van der Waals surface area contributed by atoms with E-state index in [9.17, 15) is 50.1 Å². The Bertz CT molecular complexity index is 1460. The minimum atomic E-state index is -1.75. The number of carboxylic acids is 3. The lowest BCUT2D eigenvalue weighted by Gasteiger charge is -2.42. The van der Waals surface area contributed by atoms with Gasteiger partial charge in [-0.2, -0.15) is 4.57 Å². The normalized spacial score (nSPS) is 28.9. The van der Waals surface area contributed by atoms with Gasteiger partial charge in [0.1, 0.15) is 35.9 Å². The van der Waals surface area contributed by atoms with Crippen LogP contribution in [-0.4, -0.2) is 92.1 Å². The monoisotopic (exact) mass is 627 g/mol. The first-order valence-corrected chi connectivity index (χ1v) is 13.8. The number of carbonyl (C=O) groups excluding carboxylic acids is 1. The van der Waals surface area contributed by atoms with Crippen molar-refractivity contribution in [1.82, 2.24) is 0 Å². The van der Waals surface area contributed by atoms with E-state index >= 15 is 0 Å². The fraction of sp³-hybridized carbons (Fsp3) is 0.355. The third kappa shape index (κ3) is 7.62. The first-order chi connectivity index (χ1) is 21.4. The van der Waals surface area contributed by atoms with E-state index in [0.717, 1.165) is 12.5 Å². The highest BCUT2D eigenvalue weighted by molar-refractivity contribution is 5.88. The Morgan fingerprint density at radius 1 is 1.02 bits per heavy atom. The number of aliphatic carboxylic acids is 2. The van der Waals surface area contributed by atoms with Crippen molar-refractivity contribution in [1.29, 1.82) is 0 Å². The van der Waals surface area contributed by atoms with Gasteiger partial charge in [-0.15, -0.1) is 6.58 Å². The van der Waals surface area contributed by atoms with Gasteiger partial charge >= 0.3 is 11.9 Å². The zero-order valence-corrected chi connectivity index (χ0v) is 23.7. The van der Waals surface area contributed by atoms with Crippen LogP contribution in [0.15, 0.2) is 79.4 Å². The van der Waals surface area contributed by atoms with E-state index in [1.54, 1.807) is 30.3 Å². The van der Waals surface area contributed by atoms with Crippen LogP contribution in [0.3, 0.4) is 0 Å². The molecule has 9 atom stereocenters. The molecule has 2 aliphatic rings. The second-order valence-corrected chi connectivity index (χ2v) is 10.5. The molecule has 45 heavy (non-hydrogen) atoms. The average Bonchev–Trinajstić information content (AvgIpc) is 3.02. The molecule has 2 aromatic rings. The number of benzene rings is 1. The molecule has 0 spiro atoms. The molecule has 240 valence electrons. The number of carbonyl (C=O) groups is 3. The van der Waals surface area contributed by atoms with Gasteiger partial charge in [0.25, 0.3) is 0 Å². The van der Waals surface area contributed by atoms with Crippen LogP contribution < -0.4 is 9.67 Å². The second-order valence-electron chi connectivity index (χ2n) is 10.5. The van der Waals surface area contributed by atoms with Crippen molar-refractivity contribution < 1.29 is 68.9 Å². The molecule has 4 unspecified atom stereocenters. The van der Waals surface area contributed by atoms with Gasteiger partial charge in [0.15, 0.2) is 18.7 Å². The van der Waals surface area contributed by atoms with E-state index in [1.807, 2.05) is 0 Å². The molecule has 0 bridgehead atoms. The molecular weight excluding hydrogens is 594 g/mol. The zero-order valence-electron chi connectivity index (χ0n) is 23.7. The van der Waals surface area contributed by atoms with Crippen LogP contribution in [0.1, 0.15) is 27.5 Å².